The van der Waals surface area contributed by atoms with Crippen molar-refractivity contribution in [3.05, 3.63) is 0 Å². The van der Waals surface area contributed by atoms with E-state index in [1.54, 1.807) is 20.8 Å². The van der Waals surface area contributed by atoms with Gasteiger partial charge in [0.1, 0.15) is 18.9 Å². The maximum Gasteiger partial charge on any atom is 0.395 e. The summed E-state index contributed by atoms with van der Waals surface area (Å²) in [6.07, 6.45) is 7.38. The van der Waals surface area contributed by atoms with Gasteiger partial charge < -0.3 is 57.4 Å². The summed E-state index contributed by atoms with van der Waals surface area (Å²) >= 11 is 0. The fraction of sp³-hybridized carbons (Fsp3) is 0.986. The number of ether oxygens (including phenoxy) is 10. The van der Waals surface area contributed by atoms with E-state index in [1.165, 1.54) is 25.7 Å². The molecule has 6 heterocycles. The van der Waals surface area contributed by atoms with Gasteiger partial charge in [-0.3, -0.25) is 4.79 Å². The molecule has 92 heavy (non-hydrogen) atoms. The second-order valence-electron chi connectivity index (χ2n) is 31.3. The molecule has 3 saturated carbocycles. The van der Waals surface area contributed by atoms with Crippen molar-refractivity contribution in [2.75, 3.05) is 99.0 Å². The van der Waals surface area contributed by atoms with Crippen LogP contribution in [0.15, 0.2) is 0 Å². The first-order valence-corrected chi connectivity index (χ1v) is 31.6. The summed E-state index contributed by atoms with van der Waals surface area (Å²) < 4.78 is 116. The third kappa shape index (κ3) is 38.7. The second-order valence-corrected chi connectivity index (χ2v) is 31.3. The molecule has 1 N–H and O–H groups in total. The zero-order chi connectivity index (χ0) is 64.9. The molecule has 0 radical (unpaired) electrons. The number of carbonyl (C=O) groups excluding carboxylic acids is 1. The minimum absolute atomic E-state index is 0. The fourth-order valence-corrected chi connectivity index (χ4v) is 9.49. The molecule has 0 spiro atoms. The summed E-state index contributed by atoms with van der Waals surface area (Å²) in [6, 6.07) is 0. The van der Waals surface area contributed by atoms with E-state index in [0.717, 1.165) is 97.4 Å². The normalized spacial score (nSPS) is 25.6. The van der Waals surface area contributed by atoms with Gasteiger partial charge in [0.15, 0.2) is 5.79 Å². The van der Waals surface area contributed by atoms with Gasteiger partial charge in [0.2, 0.25) is 11.8 Å². The lowest BCUT2D eigenvalue weighted by Gasteiger charge is -2.44. The monoisotopic (exact) mass is 1350 g/mol. The molecular formula is C74H158F5NO12. The Bertz CT molecular complexity index is 1700. The van der Waals surface area contributed by atoms with Crippen LogP contribution in [0.5, 0.6) is 0 Å². The van der Waals surface area contributed by atoms with Gasteiger partial charge in [0, 0.05) is 42.5 Å². The molecule has 566 valence electrons. The fourth-order valence-electron chi connectivity index (χ4n) is 9.49. The number of nitrogens with zero attached hydrogens (tertiary/aromatic N) is 1. The number of aliphatic hydroxyl groups is 1. The summed E-state index contributed by atoms with van der Waals surface area (Å²) in [5, 5.41) is 9.86. The highest BCUT2D eigenvalue weighted by Gasteiger charge is 2.68. The van der Waals surface area contributed by atoms with Crippen LogP contribution >= 0.6 is 0 Å². The largest absolute Gasteiger partial charge is 0.395 e. The van der Waals surface area contributed by atoms with Crippen LogP contribution in [0, 0.1) is 38.4 Å². The Labute approximate surface area is 567 Å². The Hall–Kier alpha value is -1.32. The van der Waals surface area contributed by atoms with Crippen molar-refractivity contribution in [3.8, 4) is 0 Å². The molecule has 6 saturated heterocycles. The zero-order valence-corrected chi connectivity index (χ0v) is 57.5. The molecule has 0 bridgehead atoms. The van der Waals surface area contributed by atoms with E-state index >= 15 is 0 Å². The van der Waals surface area contributed by atoms with Crippen LogP contribution in [-0.4, -0.2) is 168 Å². The molecule has 13 nitrogen and oxygen atoms in total. The van der Waals surface area contributed by atoms with Crippen molar-refractivity contribution in [1.29, 1.82) is 0 Å². The van der Waals surface area contributed by atoms with Crippen LogP contribution < -0.4 is 0 Å². The third-order valence-electron chi connectivity index (χ3n) is 16.8. The highest BCUT2D eigenvalue weighted by molar-refractivity contribution is 5.78. The smallest absolute Gasteiger partial charge is 0.381 e. The highest BCUT2D eigenvalue weighted by atomic mass is 19.4. The molecule has 3 aliphatic carbocycles. The first-order chi connectivity index (χ1) is 38.1. The zero-order valence-electron chi connectivity index (χ0n) is 57.5. The van der Waals surface area contributed by atoms with Crippen LogP contribution in [0.1, 0.15) is 289 Å². The summed E-state index contributed by atoms with van der Waals surface area (Å²) in [6.45, 7) is 55.3. The van der Waals surface area contributed by atoms with Crippen molar-refractivity contribution in [2.45, 2.75) is 342 Å². The molecule has 0 aromatic carbocycles. The van der Waals surface area contributed by atoms with Gasteiger partial charge in [-0.25, -0.2) is 8.78 Å². The van der Waals surface area contributed by atoms with Gasteiger partial charge in [0.05, 0.1) is 95.4 Å². The summed E-state index contributed by atoms with van der Waals surface area (Å²) in [7, 11) is 0. The topological polar surface area (TPSA) is 133 Å². The van der Waals surface area contributed by atoms with E-state index in [0.29, 0.717) is 68.9 Å². The number of rotatable bonds is 1. The highest BCUT2D eigenvalue weighted by Crippen LogP contribution is 2.67. The van der Waals surface area contributed by atoms with Crippen LogP contribution in [-0.2, 0) is 52.2 Å². The molecule has 2 unspecified atom stereocenters. The number of halogens is 5. The predicted octanol–water partition coefficient (Wildman–Crippen LogP) is 20.6. The van der Waals surface area contributed by atoms with E-state index in [1.807, 2.05) is 81.1 Å². The van der Waals surface area contributed by atoms with Crippen LogP contribution in [0.2, 0.25) is 0 Å². The van der Waals surface area contributed by atoms with Gasteiger partial charge in [-0.2, -0.15) is 13.2 Å². The number of hydrogen-bond acceptors (Lipinski definition) is 12. The van der Waals surface area contributed by atoms with E-state index < -0.39 is 39.7 Å². The minimum Gasteiger partial charge on any atom is -0.381 e. The van der Waals surface area contributed by atoms with Gasteiger partial charge >= 0.3 is 6.18 Å². The first-order valence-electron chi connectivity index (χ1n) is 31.6. The summed E-state index contributed by atoms with van der Waals surface area (Å²) in [4.78, 5) is 13.1. The Morgan fingerprint density at radius 2 is 0.924 bits per heavy atom. The minimum atomic E-state index is -4.01. The van der Waals surface area contributed by atoms with Crippen molar-refractivity contribution >= 4 is 5.91 Å². The lowest BCUT2D eigenvalue weighted by molar-refractivity contribution is -0.313. The maximum absolute atomic E-state index is 13.7. The molecule has 9 rings (SSSR count). The molecule has 0 aromatic rings. The van der Waals surface area contributed by atoms with Crippen molar-refractivity contribution < 1.29 is 79.2 Å². The summed E-state index contributed by atoms with van der Waals surface area (Å²) in [5.74, 6) is -1.61. The Morgan fingerprint density at radius 3 is 1.05 bits per heavy atom. The molecule has 1 amide bonds. The van der Waals surface area contributed by atoms with Crippen LogP contribution in [0.25, 0.3) is 0 Å². The van der Waals surface area contributed by atoms with E-state index in [-0.39, 0.29) is 94.6 Å². The van der Waals surface area contributed by atoms with E-state index in [2.05, 4.69) is 62.3 Å². The molecule has 9 fully saturated rings. The average molecular weight is 1350 g/mol. The van der Waals surface area contributed by atoms with E-state index in [9.17, 15) is 31.9 Å². The van der Waals surface area contributed by atoms with Gasteiger partial charge in [-0.05, 0) is 142 Å². The number of likely N-dealkylation sites (tertiary alicyclic amines) is 1. The van der Waals surface area contributed by atoms with Crippen molar-refractivity contribution in [2.24, 2.45) is 38.4 Å². The molecule has 5 atom stereocenters. The predicted molar refractivity (Wildman–Crippen MR) is 379 cm³/mol. The third-order valence-corrected chi connectivity index (χ3v) is 16.8. The lowest BCUT2D eigenvalue weighted by Crippen LogP contribution is -2.52. The van der Waals surface area contributed by atoms with Gasteiger partial charge in [-0.15, -0.1) is 0 Å². The molecule has 9 aliphatic rings. The van der Waals surface area contributed by atoms with Gasteiger partial charge in [-0.1, -0.05) is 163 Å². The standard InChI is InChI=1S/C8H13F3.C8H15FO2.C8H15F.C8H15NO.C8H16O3.2C8H16O.2C5H10O2.8CH4/c1-6(2,3)7(4-5-7)8(9,10)11;1-7(2,3)8(9)6-10-4-5-11-8;1-7(2,3)8(9)5-4-6-8;1-8(2,3)9-6-4-5-7(9)10;1-7(2,3)8(9)6-10-4-5-11-8;1-8(2,3)7-4-5-9-6-7;1-8(2,3)9-7-5-4-6-7;2*1-5-4-6-2-3-7-5;;;;;;;;/h4-5H2,1-3H3;4-6H2,1-3H3;4-6H2,1-3H3;4-6H2,1-3H3;9H,4-6H2,1-3H3;2*7H,4-6H2,1-3H3;2*5H,2-4H2,1H3;8*1H4/t;;;;;7-;;2*5-;;;;;;;;/m.....1.10......../s1. The molecular weight excluding hydrogens is 1190 g/mol. The van der Waals surface area contributed by atoms with Crippen LogP contribution in [0.3, 0.4) is 0 Å². The van der Waals surface area contributed by atoms with E-state index in [4.69, 9.17) is 47.4 Å². The Balaban J connectivity index is -0.000000143. The molecule has 18 heteroatoms. The second kappa shape index (κ2) is 45.4. The van der Waals surface area contributed by atoms with Crippen molar-refractivity contribution in [3.63, 3.8) is 0 Å². The van der Waals surface area contributed by atoms with Crippen molar-refractivity contribution in [1.82, 2.24) is 4.90 Å². The number of hydrogen-bond donors (Lipinski definition) is 1. The molecule has 6 aliphatic heterocycles. The maximum atomic E-state index is 13.7. The SMILES string of the molecule is C.C.C.C.C.C.C.C.CC(C)(C)C1(C(F)(F)F)CC1.CC(C)(C)C1(F)CCC1.CC(C)(C)C1(F)COCCO1.CC(C)(C)C1(O)COCCO1.CC(C)(C)N1CCCC1=O.CC(C)(C)OC1CCC1.CC(C)(C)[C@@H]1CCOC1.C[C@@H]1COCCO1.C[C@H]1COCCO1. The summed E-state index contributed by atoms with van der Waals surface area (Å²) in [5.41, 5.74) is -3.21. The quantitative estimate of drug-likeness (QED) is 0.251. The van der Waals surface area contributed by atoms with Crippen LogP contribution in [0.4, 0.5) is 22.0 Å². The number of amides is 1. The van der Waals surface area contributed by atoms with Gasteiger partial charge in [0.25, 0.3) is 0 Å². The number of alkyl halides is 5. The average Bonchev–Trinajstić information content (AvgIpc) is 1.56. The molecule has 0 aromatic heterocycles. The first kappa shape index (κ1) is 107. The Morgan fingerprint density at radius 1 is 0.489 bits per heavy atom. The number of carbonyl (C=O) groups is 1. The lowest BCUT2D eigenvalue weighted by atomic mass is 9.66. The Kier molecular flexibility index (Phi) is 52.6.